The van der Waals surface area contributed by atoms with E-state index in [0.29, 0.717) is 0 Å². The molecule has 26 heavy (non-hydrogen) atoms. The number of allylic oxidation sites excluding steroid dienone is 2. The van der Waals surface area contributed by atoms with Gasteiger partial charge in [-0.05, 0) is 60.1 Å². The molecule has 2 aromatic carbocycles. The van der Waals surface area contributed by atoms with Crippen LogP contribution in [0.3, 0.4) is 0 Å². The Balaban J connectivity index is 1.93. The second-order valence-electron chi connectivity index (χ2n) is 6.13. The summed E-state index contributed by atoms with van der Waals surface area (Å²) in [6, 6.07) is 16.5. The molecule has 0 spiro atoms. The minimum Gasteiger partial charge on any atom is -0.0840 e. The zero-order valence-electron chi connectivity index (χ0n) is 15.8. The SMILES string of the molecule is CCC/C=C/c1ccc(C#CC#Cc2ccc(/C=C/CCC)cc2)cc1. The predicted molar refractivity (Wildman–Crippen MR) is 115 cm³/mol. The van der Waals surface area contributed by atoms with Crippen molar-refractivity contribution in [2.24, 2.45) is 0 Å². The Morgan fingerprint density at radius 1 is 0.615 bits per heavy atom. The summed E-state index contributed by atoms with van der Waals surface area (Å²) in [6.45, 7) is 4.37. The quantitative estimate of drug-likeness (QED) is 0.513. The van der Waals surface area contributed by atoms with Crippen LogP contribution in [0.2, 0.25) is 0 Å². The molecule has 0 bridgehead atoms. The summed E-state index contributed by atoms with van der Waals surface area (Å²) in [5, 5.41) is 0. The van der Waals surface area contributed by atoms with Crippen LogP contribution in [0.1, 0.15) is 61.8 Å². The van der Waals surface area contributed by atoms with Crippen LogP contribution in [0, 0.1) is 23.7 Å². The summed E-state index contributed by atoms with van der Waals surface area (Å²) in [5.74, 6) is 12.1. The van der Waals surface area contributed by atoms with Crippen molar-refractivity contribution >= 4 is 12.2 Å². The van der Waals surface area contributed by atoms with Gasteiger partial charge in [0.1, 0.15) is 0 Å². The molecule has 0 atom stereocenters. The molecule has 0 fully saturated rings. The highest BCUT2D eigenvalue weighted by molar-refractivity contribution is 5.53. The average molecular weight is 338 g/mol. The van der Waals surface area contributed by atoms with Crippen LogP contribution < -0.4 is 0 Å². The average Bonchev–Trinajstić information content (AvgIpc) is 2.68. The Bertz CT molecular complexity index is 763. The van der Waals surface area contributed by atoms with Crippen LogP contribution in [0.25, 0.3) is 12.2 Å². The van der Waals surface area contributed by atoms with Gasteiger partial charge in [0.25, 0.3) is 0 Å². The van der Waals surface area contributed by atoms with Gasteiger partial charge in [-0.25, -0.2) is 0 Å². The Hall–Kier alpha value is -2.96. The molecule has 0 nitrogen and oxygen atoms in total. The van der Waals surface area contributed by atoms with Gasteiger partial charge in [-0.1, -0.05) is 87.1 Å². The molecule has 0 aliphatic rings. The van der Waals surface area contributed by atoms with Gasteiger partial charge < -0.3 is 0 Å². The summed E-state index contributed by atoms with van der Waals surface area (Å²) in [5.41, 5.74) is 4.40. The lowest BCUT2D eigenvalue weighted by Crippen LogP contribution is -1.76. The lowest BCUT2D eigenvalue weighted by atomic mass is 10.1. The van der Waals surface area contributed by atoms with Gasteiger partial charge in [0, 0.05) is 11.1 Å². The minimum atomic E-state index is 0.989. The molecule has 0 saturated heterocycles. The van der Waals surface area contributed by atoms with Crippen molar-refractivity contribution < 1.29 is 0 Å². The van der Waals surface area contributed by atoms with E-state index in [9.17, 15) is 0 Å². The normalized spacial score (nSPS) is 10.4. The largest absolute Gasteiger partial charge is 0.0840 e. The van der Waals surface area contributed by atoms with E-state index < -0.39 is 0 Å². The third-order valence-electron chi connectivity index (χ3n) is 3.83. The van der Waals surface area contributed by atoms with Crippen molar-refractivity contribution in [1.29, 1.82) is 0 Å². The first-order valence-corrected chi connectivity index (χ1v) is 9.37. The van der Waals surface area contributed by atoms with Crippen molar-refractivity contribution in [3.63, 3.8) is 0 Å². The smallest absolute Gasteiger partial charge is 0.0255 e. The van der Waals surface area contributed by atoms with Gasteiger partial charge in [-0.2, -0.15) is 0 Å². The standard InChI is InChI=1S/C26H26/c1-3-5-7-11-23-15-19-25(20-16-23)13-9-10-14-26-21-17-24(18-22-26)12-8-6-4-2/h7-8,11-12,15-22H,3-6H2,1-2H3/b11-7+,12-8+. The number of hydrogen-bond donors (Lipinski definition) is 0. The van der Waals surface area contributed by atoms with E-state index in [1.165, 1.54) is 24.0 Å². The molecule has 0 unspecified atom stereocenters. The maximum Gasteiger partial charge on any atom is 0.0255 e. The van der Waals surface area contributed by atoms with Crippen molar-refractivity contribution in [2.45, 2.75) is 39.5 Å². The Morgan fingerprint density at radius 3 is 1.35 bits per heavy atom. The first-order valence-electron chi connectivity index (χ1n) is 9.37. The van der Waals surface area contributed by atoms with Crippen molar-refractivity contribution in [2.75, 3.05) is 0 Å². The molecule has 2 rings (SSSR count). The molecular formula is C26H26. The van der Waals surface area contributed by atoms with Crippen LogP contribution in [0.5, 0.6) is 0 Å². The second kappa shape index (κ2) is 11.6. The first kappa shape index (κ1) is 19.4. The Labute approximate surface area is 158 Å². The van der Waals surface area contributed by atoms with Gasteiger partial charge in [-0.3, -0.25) is 0 Å². The van der Waals surface area contributed by atoms with Gasteiger partial charge in [0.2, 0.25) is 0 Å². The highest BCUT2D eigenvalue weighted by Crippen LogP contribution is 2.07. The first-order chi connectivity index (χ1) is 12.8. The predicted octanol–water partition coefficient (Wildman–Crippen LogP) is 6.72. The van der Waals surface area contributed by atoms with Crippen LogP contribution in [0.4, 0.5) is 0 Å². The van der Waals surface area contributed by atoms with Gasteiger partial charge in [0.05, 0.1) is 0 Å². The van der Waals surface area contributed by atoms with Crippen LogP contribution >= 0.6 is 0 Å². The van der Waals surface area contributed by atoms with Crippen LogP contribution in [-0.2, 0) is 0 Å². The monoisotopic (exact) mass is 338 g/mol. The summed E-state index contributed by atoms with van der Waals surface area (Å²) < 4.78 is 0. The molecule has 2 aromatic rings. The second-order valence-corrected chi connectivity index (χ2v) is 6.13. The molecule has 0 aliphatic carbocycles. The molecular weight excluding hydrogens is 312 g/mol. The third-order valence-corrected chi connectivity index (χ3v) is 3.83. The molecule has 0 heteroatoms. The van der Waals surface area contributed by atoms with Gasteiger partial charge >= 0.3 is 0 Å². The number of hydrogen-bond acceptors (Lipinski definition) is 0. The van der Waals surface area contributed by atoms with Crippen LogP contribution in [-0.4, -0.2) is 0 Å². The lowest BCUT2D eigenvalue weighted by molar-refractivity contribution is 0.962. The van der Waals surface area contributed by atoms with E-state index in [-0.39, 0.29) is 0 Å². The number of rotatable bonds is 6. The van der Waals surface area contributed by atoms with E-state index >= 15 is 0 Å². The molecule has 0 N–H and O–H groups in total. The maximum absolute atomic E-state index is 3.10. The lowest BCUT2D eigenvalue weighted by Gasteiger charge is -1.94. The molecule has 0 heterocycles. The highest BCUT2D eigenvalue weighted by Gasteiger charge is 1.89. The summed E-state index contributed by atoms with van der Waals surface area (Å²) >= 11 is 0. The van der Waals surface area contributed by atoms with E-state index in [4.69, 9.17) is 0 Å². The van der Waals surface area contributed by atoms with E-state index in [1.807, 2.05) is 24.3 Å². The Morgan fingerprint density at radius 2 is 1.00 bits per heavy atom. The van der Waals surface area contributed by atoms with E-state index in [1.54, 1.807) is 0 Å². The van der Waals surface area contributed by atoms with Gasteiger partial charge in [0.15, 0.2) is 0 Å². The molecule has 0 amide bonds. The van der Waals surface area contributed by atoms with Crippen molar-refractivity contribution in [1.82, 2.24) is 0 Å². The highest BCUT2D eigenvalue weighted by atomic mass is 13.9. The molecule has 0 saturated carbocycles. The minimum absolute atomic E-state index is 0.989. The third kappa shape index (κ3) is 7.29. The summed E-state index contributed by atoms with van der Waals surface area (Å²) in [6.07, 6.45) is 13.3. The van der Waals surface area contributed by atoms with Crippen molar-refractivity contribution in [3.05, 3.63) is 82.9 Å². The fourth-order valence-corrected chi connectivity index (χ4v) is 2.33. The summed E-state index contributed by atoms with van der Waals surface area (Å²) in [4.78, 5) is 0. The maximum atomic E-state index is 3.10. The fourth-order valence-electron chi connectivity index (χ4n) is 2.33. The van der Waals surface area contributed by atoms with E-state index in [2.05, 4.69) is 86.1 Å². The molecule has 0 aliphatic heterocycles. The van der Waals surface area contributed by atoms with Crippen molar-refractivity contribution in [3.8, 4) is 23.7 Å². The fraction of sp³-hybridized carbons (Fsp3) is 0.231. The number of unbranched alkanes of at least 4 members (excludes halogenated alkanes) is 2. The molecule has 130 valence electrons. The summed E-state index contributed by atoms with van der Waals surface area (Å²) in [7, 11) is 0. The van der Waals surface area contributed by atoms with Crippen LogP contribution in [0.15, 0.2) is 60.7 Å². The Kier molecular flexibility index (Phi) is 8.62. The zero-order valence-corrected chi connectivity index (χ0v) is 15.8. The zero-order chi connectivity index (χ0) is 18.5. The van der Waals surface area contributed by atoms with Gasteiger partial charge in [-0.15, -0.1) is 0 Å². The number of benzene rings is 2. The topological polar surface area (TPSA) is 0 Å². The molecule has 0 radical (unpaired) electrons. The molecule has 0 aromatic heterocycles. The van der Waals surface area contributed by atoms with E-state index in [0.717, 1.165) is 24.0 Å².